The zero-order chi connectivity index (χ0) is 23.1. The molecule has 0 saturated carbocycles. The Labute approximate surface area is 196 Å². The zero-order valence-electron chi connectivity index (χ0n) is 18.2. The van der Waals surface area contributed by atoms with E-state index >= 15 is 0 Å². The van der Waals surface area contributed by atoms with E-state index in [4.69, 9.17) is 21.1 Å². The van der Waals surface area contributed by atoms with E-state index in [-0.39, 0.29) is 17.8 Å². The number of anilines is 1. The van der Waals surface area contributed by atoms with Crippen molar-refractivity contribution in [1.29, 1.82) is 0 Å². The molecule has 3 rings (SSSR count). The molecule has 0 saturated heterocycles. The molecule has 0 fully saturated rings. The minimum atomic E-state index is -0.354. The van der Waals surface area contributed by atoms with Crippen molar-refractivity contribution in [3.05, 3.63) is 71.5 Å². The monoisotopic (exact) mass is 472 g/mol. The first kappa shape index (κ1) is 23.7. The average molecular weight is 473 g/mol. The number of thioether (sulfide) groups is 1. The van der Waals surface area contributed by atoms with Crippen LogP contribution < -0.4 is 14.8 Å². The number of hydrogen-bond acceptors (Lipinski definition) is 6. The summed E-state index contributed by atoms with van der Waals surface area (Å²) >= 11 is 7.42. The predicted molar refractivity (Wildman–Crippen MR) is 128 cm³/mol. The summed E-state index contributed by atoms with van der Waals surface area (Å²) in [6.07, 6.45) is 1.40. The number of hydrogen-bond donors (Lipinski definition) is 1. The molecule has 0 radical (unpaired) electrons. The van der Waals surface area contributed by atoms with Crippen LogP contribution in [0.15, 0.2) is 60.3 Å². The Bertz CT molecular complexity index is 1090. The Morgan fingerprint density at radius 1 is 1.25 bits per heavy atom. The quantitative estimate of drug-likeness (QED) is 0.318. The van der Waals surface area contributed by atoms with Crippen molar-refractivity contribution >= 4 is 35.0 Å². The van der Waals surface area contributed by atoms with E-state index in [1.165, 1.54) is 11.8 Å². The molecule has 1 unspecified atom stereocenters. The smallest absolute Gasteiger partial charge is 0.234 e. The second-order valence-corrected chi connectivity index (χ2v) is 8.27. The number of carbonyl (C=O) groups is 1. The lowest BCUT2D eigenvalue weighted by Gasteiger charge is -2.16. The van der Waals surface area contributed by atoms with Gasteiger partial charge in [-0.2, -0.15) is 0 Å². The van der Waals surface area contributed by atoms with Gasteiger partial charge in [0.25, 0.3) is 0 Å². The summed E-state index contributed by atoms with van der Waals surface area (Å²) in [4.78, 5) is 12.5. The summed E-state index contributed by atoms with van der Waals surface area (Å²) in [5.74, 6) is 2.11. The van der Waals surface area contributed by atoms with Crippen LogP contribution in [0.25, 0.3) is 0 Å². The lowest BCUT2D eigenvalue weighted by Crippen LogP contribution is -2.16. The highest BCUT2D eigenvalue weighted by molar-refractivity contribution is 7.99. The molecule has 0 spiro atoms. The van der Waals surface area contributed by atoms with Crippen LogP contribution in [0, 0.1) is 6.92 Å². The molecule has 168 valence electrons. The highest BCUT2D eigenvalue weighted by Gasteiger charge is 2.20. The van der Waals surface area contributed by atoms with Crippen molar-refractivity contribution in [3.63, 3.8) is 0 Å². The molecule has 7 nitrogen and oxygen atoms in total. The number of aromatic nitrogens is 3. The van der Waals surface area contributed by atoms with Gasteiger partial charge in [0.2, 0.25) is 5.91 Å². The number of benzene rings is 2. The molecule has 1 atom stereocenters. The number of methoxy groups -OCH3 is 1. The molecule has 1 amide bonds. The second kappa shape index (κ2) is 11.1. The first-order valence-corrected chi connectivity index (χ1v) is 11.3. The van der Waals surface area contributed by atoms with Crippen molar-refractivity contribution in [2.24, 2.45) is 0 Å². The summed E-state index contributed by atoms with van der Waals surface area (Å²) in [5.41, 5.74) is 1.52. The Hall–Kier alpha value is -2.97. The van der Waals surface area contributed by atoms with Crippen LogP contribution >= 0.6 is 23.4 Å². The molecule has 3 aromatic rings. The van der Waals surface area contributed by atoms with Crippen LogP contribution in [0.4, 0.5) is 5.69 Å². The first-order valence-electron chi connectivity index (χ1n) is 9.95. The van der Waals surface area contributed by atoms with E-state index in [1.807, 2.05) is 48.7 Å². The van der Waals surface area contributed by atoms with Crippen molar-refractivity contribution in [3.8, 4) is 11.5 Å². The van der Waals surface area contributed by atoms with E-state index in [0.29, 0.717) is 34.0 Å². The Balaban J connectivity index is 1.67. The van der Waals surface area contributed by atoms with Crippen molar-refractivity contribution < 1.29 is 14.3 Å². The number of halogens is 1. The molecule has 32 heavy (non-hydrogen) atoms. The van der Waals surface area contributed by atoms with Crippen molar-refractivity contribution in [2.45, 2.75) is 31.7 Å². The summed E-state index contributed by atoms with van der Waals surface area (Å²) in [6.45, 7) is 8.08. The van der Waals surface area contributed by atoms with E-state index in [0.717, 1.165) is 11.3 Å². The molecule has 0 aliphatic carbocycles. The molecule has 0 aliphatic heterocycles. The van der Waals surface area contributed by atoms with E-state index in [9.17, 15) is 4.79 Å². The summed E-state index contributed by atoms with van der Waals surface area (Å²) in [7, 11) is 1.62. The number of allylic oxidation sites excluding steroid dienone is 1. The molecule has 1 aromatic heterocycles. The lowest BCUT2D eigenvalue weighted by molar-refractivity contribution is -0.113. The number of nitrogens with zero attached hydrogens (tertiary/aromatic N) is 3. The van der Waals surface area contributed by atoms with Crippen molar-refractivity contribution in [1.82, 2.24) is 14.8 Å². The number of carbonyl (C=O) groups excluding carboxylic acids is 1. The molecule has 0 aliphatic rings. The first-order chi connectivity index (χ1) is 15.4. The van der Waals surface area contributed by atoms with Gasteiger partial charge in [0, 0.05) is 17.3 Å². The summed E-state index contributed by atoms with van der Waals surface area (Å²) in [5, 5.41) is 12.7. The number of nitrogens with one attached hydrogen (secondary N) is 1. The van der Waals surface area contributed by atoms with Gasteiger partial charge in [-0.25, -0.2) is 0 Å². The summed E-state index contributed by atoms with van der Waals surface area (Å²) < 4.78 is 13.1. The molecular formula is C23H25ClN4O3S. The molecule has 2 aromatic carbocycles. The zero-order valence-corrected chi connectivity index (χ0v) is 19.7. The van der Waals surface area contributed by atoms with E-state index in [2.05, 4.69) is 22.1 Å². The molecular weight excluding hydrogens is 448 g/mol. The molecule has 0 bridgehead atoms. The summed E-state index contributed by atoms with van der Waals surface area (Å²) in [6, 6.07) is 12.7. The fourth-order valence-corrected chi connectivity index (χ4v) is 3.91. The van der Waals surface area contributed by atoms with Gasteiger partial charge >= 0.3 is 0 Å². The maximum absolute atomic E-state index is 12.5. The van der Waals surface area contributed by atoms with E-state index in [1.54, 1.807) is 25.3 Å². The Morgan fingerprint density at radius 2 is 1.97 bits per heavy atom. The third-order valence-electron chi connectivity index (χ3n) is 4.67. The van der Waals surface area contributed by atoms with Gasteiger partial charge in [0.1, 0.15) is 11.5 Å². The predicted octanol–water partition coefficient (Wildman–Crippen LogP) is 5.31. The van der Waals surface area contributed by atoms with Crippen LogP contribution in [0.3, 0.4) is 0 Å². The highest BCUT2D eigenvalue weighted by atomic mass is 35.5. The third-order valence-corrected chi connectivity index (χ3v) is 6.04. The van der Waals surface area contributed by atoms with E-state index < -0.39 is 0 Å². The van der Waals surface area contributed by atoms with Gasteiger partial charge in [-0.3, -0.25) is 9.36 Å². The third kappa shape index (κ3) is 5.83. The van der Waals surface area contributed by atoms with Gasteiger partial charge in [-0.1, -0.05) is 35.5 Å². The number of rotatable bonds is 10. The topological polar surface area (TPSA) is 78.3 Å². The lowest BCUT2D eigenvalue weighted by atomic mass is 10.2. The van der Waals surface area contributed by atoms with Gasteiger partial charge in [-0.05, 0) is 55.8 Å². The van der Waals surface area contributed by atoms with Crippen LogP contribution in [-0.2, 0) is 11.3 Å². The standard InChI is InChI=1S/C23H25ClN4O3S/c1-5-13-28-22(16(3)31-18-11-9-17(30-4)10-12-18)26-27-23(28)32-14-21(29)25-20-8-6-7-19(24)15(20)2/h5-12,16H,1,13-14H2,2-4H3,(H,25,29). The minimum absolute atomic E-state index is 0.155. The molecule has 1 heterocycles. The Morgan fingerprint density at radius 3 is 2.66 bits per heavy atom. The number of ether oxygens (including phenoxy) is 2. The van der Waals surface area contributed by atoms with Crippen LogP contribution in [0.1, 0.15) is 24.4 Å². The molecule has 1 N–H and O–H groups in total. The largest absolute Gasteiger partial charge is 0.497 e. The van der Waals surface area contributed by atoms with Gasteiger partial charge < -0.3 is 14.8 Å². The SMILES string of the molecule is C=CCn1c(SCC(=O)Nc2cccc(Cl)c2C)nnc1C(C)Oc1ccc(OC)cc1. The van der Waals surface area contributed by atoms with Crippen molar-refractivity contribution in [2.75, 3.05) is 18.2 Å². The van der Waals surface area contributed by atoms with Crippen LogP contribution in [-0.4, -0.2) is 33.5 Å². The number of amides is 1. The fraction of sp³-hybridized carbons (Fsp3) is 0.261. The maximum Gasteiger partial charge on any atom is 0.234 e. The Kier molecular flexibility index (Phi) is 8.19. The molecule has 9 heteroatoms. The normalized spacial score (nSPS) is 11.6. The van der Waals surface area contributed by atoms with Gasteiger partial charge in [0.05, 0.1) is 12.9 Å². The maximum atomic E-state index is 12.5. The van der Waals surface area contributed by atoms with Crippen LogP contribution in [0.5, 0.6) is 11.5 Å². The highest BCUT2D eigenvalue weighted by Crippen LogP contribution is 2.27. The van der Waals surface area contributed by atoms with Crippen LogP contribution in [0.2, 0.25) is 5.02 Å². The van der Waals surface area contributed by atoms with Gasteiger partial charge in [-0.15, -0.1) is 16.8 Å². The second-order valence-electron chi connectivity index (χ2n) is 6.92. The average Bonchev–Trinajstić information content (AvgIpc) is 3.19. The van der Waals surface area contributed by atoms with Gasteiger partial charge in [0.15, 0.2) is 17.1 Å². The fourth-order valence-electron chi connectivity index (χ4n) is 2.98. The minimum Gasteiger partial charge on any atom is -0.497 e.